The zero-order valence-corrected chi connectivity index (χ0v) is 29.9. The molecule has 5 N–H and O–H groups in total. The minimum Gasteiger partial charge on any atom is -0.383 e. The molecule has 0 heterocycles. The van der Waals surface area contributed by atoms with Gasteiger partial charge in [-0.3, -0.25) is 14.4 Å². The maximum absolute atomic E-state index is 12.1. The van der Waals surface area contributed by atoms with Crippen molar-refractivity contribution in [1.29, 1.82) is 0 Å². The second-order valence-electron chi connectivity index (χ2n) is 10.9. The van der Waals surface area contributed by atoms with Crippen molar-refractivity contribution in [2.75, 3.05) is 44.8 Å². The van der Waals surface area contributed by atoms with E-state index in [2.05, 4.69) is 89.1 Å². The lowest BCUT2D eigenvalue weighted by atomic mass is 9.87. The van der Waals surface area contributed by atoms with Gasteiger partial charge in [-0.2, -0.15) is 0 Å². The van der Waals surface area contributed by atoms with E-state index in [1.54, 1.807) is 42.5 Å². The Morgan fingerprint density at radius 1 is 0.696 bits per heavy atom. The molecule has 0 rings (SSSR count). The minimum atomic E-state index is -1.25. The van der Waals surface area contributed by atoms with Gasteiger partial charge in [0.05, 0.1) is 6.61 Å². The Hall–Kier alpha value is -2.57. The van der Waals surface area contributed by atoms with E-state index in [-0.39, 0.29) is 31.4 Å². The molecule has 0 aliphatic carbocycles. The molecule has 260 valence electrons. The first-order valence-electron chi connectivity index (χ1n) is 16.2. The number of amides is 3. The fourth-order valence-electron chi connectivity index (χ4n) is 3.54. The lowest BCUT2D eigenvalue weighted by molar-refractivity contribution is -0.139. The molecule has 0 unspecified atom stereocenters. The van der Waals surface area contributed by atoms with Gasteiger partial charge in [0.1, 0.15) is 6.10 Å². The molecule has 46 heavy (non-hydrogen) atoms. The molecule has 0 radical (unpaired) electrons. The summed E-state index contributed by atoms with van der Waals surface area (Å²) in [6.07, 6.45) is 30.7. The Kier molecular flexibility index (Phi) is 29.3. The van der Waals surface area contributed by atoms with Crippen LogP contribution in [0.25, 0.3) is 0 Å². The van der Waals surface area contributed by atoms with Crippen LogP contribution in [0.5, 0.6) is 0 Å². The van der Waals surface area contributed by atoms with Gasteiger partial charge in [-0.1, -0.05) is 115 Å². The largest absolute Gasteiger partial charge is 0.383 e. The van der Waals surface area contributed by atoms with Gasteiger partial charge in [-0.05, 0) is 38.5 Å². The molecule has 0 aliphatic rings. The molecule has 0 aromatic heterocycles. The highest BCUT2D eigenvalue weighted by Gasteiger charge is 2.33. The number of aliphatic hydroxyl groups is 1. The zero-order chi connectivity index (χ0) is 34.1. The maximum atomic E-state index is 12.1. The smallest absolute Gasteiger partial charge is 0.249 e. The van der Waals surface area contributed by atoms with Gasteiger partial charge in [0.15, 0.2) is 0 Å². The highest BCUT2D eigenvalue weighted by Crippen LogP contribution is 2.21. The third-order valence-electron chi connectivity index (χ3n) is 6.23. The van der Waals surface area contributed by atoms with E-state index >= 15 is 0 Å². The fraction of sp³-hybridized carbons (Fsp3) is 0.571. The molecule has 1 atom stereocenters. The highest BCUT2D eigenvalue weighted by atomic mass is 33.1. The van der Waals surface area contributed by atoms with Crippen molar-refractivity contribution >= 4 is 39.3 Å². The van der Waals surface area contributed by atoms with Crippen molar-refractivity contribution in [3.8, 4) is 0 Å². The Labute approximate surface area is 285 Å². The second kappa shape index (κ2) is 31.1. The molecule has 0 aromatic carbocycles. The summed E-state index contributed by atoms with van der Waals surface area (Å²) in [6.45, 7) is 6.99. The SMILES string of the molecule is CC/C=C\C/C=C\C/C=C\C/C=C\C/C=C\C/C=C\CC(=O)NCCSSCCNC(=O)CCNC(=O)[C@H](O)C(C)(C)CONC. The number of hydrogen-bond donors (Lipinski definition) is 5. The quantitative estimate of drug-likeness (QED) is 0.0307. The molecule has 0 saturated carbocycles. The summed E-state index contributed by atoms with van der Waals surface area (Å²) in [4.78, 5) is 41.2. The molecule has 0 aromatic rings. The summed E-state index contributed by atoms with van der Waals surface area (Å²) in [6, 6.07) is 0. The average Bonchev–Trinajstić information content (AvgIpc) is 3.03. The zero-order valence-electron chi connectivity index (χ0n) is 28.3. The molecule has 0 fully saturated rings. The van der Waals surface area contributed by atoms with Gasteiger partial charge in [-0.15, -0.1) is 0 Å². The lowest BCUT2D eigenvalue weighted by Gasteiger charge is -2.28. The average molecular weight is 679 g/mol. The Morgan fingerprint density at radius 3 is 1.63 bits per heavy atom. The number of aliphatic hydroxyl groups excluding tert-OH is 1. The predicted molar refractivity (Wildman–Crippen MR) is 196 cm³/mol. The molecule has 11 heteroatoms. The molecule has 0 saturated heterocycles. The second-order valence-corrected chi connectivity index (χ2v) is 13.6. The molecular weight excluding hydrogens is 621 g/mol. The van der Waals surface area contributed by atoms with Crippen LogP contribution in [0.3, 0.4) is 0 Å². The van der Waals surface area contributed by atoms with Gasteiger partial charge in [0.2, 0.25) is 17.7 Å². The Bertz CT molecular complexity index is 993. The van der Waals surface area contributed by atoms with E-state index in [1.807, 2.05) is 12.2 Å². The van der Waals surface area contributed by atoms with E-state index in [4.69, 9.17) is 4.84 Å². The van der Waals surface area contributed by atoms with Crippen molar-refractivity contribution in [2.45, 2.75) is 78.2 Å². The maximum Gasteiger partial charge on any atom is 0.249 e. The van der Waals surface area contributed by atoms with E-state index in [9.17, 15) is 19.5 Å². The number of carbonyl (C=O) groups excluding carboxylic acids is 3. The van der Waals surface area contributed by atoms with E-state index < -0.39 is 17.4 Å². The van der Waals surface area contributed by atoms with Crippen LogP contribution in [0.4, 0.5) is 0 Å². The summed E-state index contributed by atoms with van der Waals surface area (Å²) in [5, 5.41) is 18.5. The van der Waals surface area contributed by atoms with E-state index in [1.165, 1.54) is 0 Å². The first-order valence-corrected chi connectivity index (χ1v) is 18.7. The third-order valence-corrected chi connectivity index (χ3v) is 8.63. The molecule has 0 aliphatic heterocycles. The van der Waals surface area contributed by atoms with Crippen LogP contribution in [0.15, 0.2) is 72.9 Å². The van der Waals surface area contributed by atoms with Crippen molar-refractivity contribution < 1.29 is 24.3 Å². The number of hydroxylamine groups is 1. The normalized spacial score (nSPS) is 13.2. The van der Waals surface area contributed by atoms with Crippen molar-refractivity contribution in [3.63, 3.8) is 0 Å². The Morgan fingerprint density at radius 2 is 1.15 bits per heavy atom. The first-order chi connectivity index (χ1) is 22.2. The molecule has 9 nitrogen and oxygen atoms in total. The summed E-state index contributed by atoms with van der Waals surface area (Å²) in [5.74, 6) is 0.812. The van der Waals surface area contributed by atoms with Crippen LogP contribution in [0, 0.1) is 5.41 Å². The van der Waals surface area contributed by atoms with Gasteiger partial charge in [0.25, 0.3) is 0 Å². The van der Waals surface area contributed by atoms with Crippen LogP contribution < -0.4 is 21.4 Å². The first kappa shape index (κ1) is 43.4. The highest BCUT2D eigenvalue weighted by molar-refractivity contribution is 8.76. The van der Waals surface area contributed by atoms with Crippen molar-refractivity contribution in [2.24, 2.45) is 5.41 Å². The monoisotopic (exact) mass is 678 g/mol. The molecule has 0 bridgehead atoms. The van der Waals surface area contributed by atoms with Gasteiger partial charge >= 0.3 is 0 Å². The third kappa shape index (κ3) is 27.7. The molecule has 0 spiro atoms. The fourth-order valence-corrected chi connectivity index (χ4v) is 5.36. The van der Waals surface area contributed by atoms with E-state index in [0.717, 1.165) is 50.0 Å². The lowest BCUT2D eigenvalue weighted by Crippen LogP contribution is -2.47. The van der Waals surface area contributed by atoms with Gasteiger partial charge in [-0.25, -0.2) is 5.48 Å². The number of nitrogens with one attached hydrogen (secondary N) is 4. The summed E-state index contributed by atoms with van der Waals surface area (Å²) in [5.41, 5.74) is 1.74. The van der Waals surface area contributed by atoms with Crippen LogP contribution in [0.1, 0.15) is 72.1 Å². The van der Waals surface area contributed by atoms with Crippen LogP contribution in [0.2, 0.25) is 0 Å². The molecular formula is C35H58N4O5S2. The number of allylic oxidation sites excluding steroid dienone is 11. The summed E-state index contributed by atoms with van der Waals surface area (Å²) < 4.78 is 0. The predicted octanol–water partition coefficient (Wildman–Crippen LogP) is 5.73. The van der Waals surface area contributed by atoms with Crippen LogP contribution in [-0.2, 0) is 19.2 Å². The Balaban J connectivity index is 3.69. The van der Waals surface area contributed by atoms with Gasteiger partial charge < -0.3 is 25.9 Å². The number of carbonyl (C=O) groups is 3. The van der Waals surface area contributed by atoms with Crippen molar-refractivity contribution in [3.05, 3.63) is 72.9 Å². The van der Waals surface area contributed by atoms with Crippen LogP contribution >= 0.6 is 21.6 Å². The number of rotatable bonds is 28. The van der Waals surface area contributed by atoms with Crippen LogP contribution in [-0.4, -0.2) is 73.7 Å². The molecule has 3 amide bonds. The topological polar surface area (TPSA) is 129 Å². The van der Waals surface area contributed by atoms with Crippen molar-refractivity contribution in [1.82, 2.24) is 21.4 Å². The number of hydrogen-bond acceptors (Lipinski definition) is 8. The summed E-state index contributed by atoms with van der Waals surface area (Å²) in [7, 11) is 4.87. The summed E-state index contributed by atoms with van der Waals surface area (Å²) >= 11 is 0. The van der Waals surface area contributed by atoms with Gasteiger partial charge in [0, 0.05) is 56.4 Å². The standard InChI is InChI=1S/C35H58N4O5S2/c1-5-6-7-8-9-10-11-12-13-14-15-16-17-18-19-20-21-22-23-31(40)37-26-28-45-46-29-27-38-32(41)24-25-39-34(43)33(42)35(2,3)30-44-36-4/h6-7,9-10,12-13,15-16,18-19,21-22,33,36,42H,5,8,11,14,17,20,23-30H2,1-4H3,(H,37,40)(H,38,41)(H,39,43)/b7-6-,10-9-,13-12-,16-15-,19-18-,22-21-/t33-/m0/s1. The van der Waals surface area contributed by atoms with E-state index in [0.29, 0.717) is 19.5 Å². The minimum absolute atomic E-state index is 0.00683.